The van der Waals surface area contributed by atoms with Gasteiger partial charge in [-0.05, 0) is 51.6 Å². The van der Waals surface area contributed by atoms with Crippen molar-refractivity contribution >= 4 is 11.8 Å². The fourth-order valence-corrected chi connectivity index (χ4v) is 2.10. The highest BCUT2D eigenvalue weighted by Crippen LogP contribution is 2.16. The van der Waals surface area contributed by atoms with Crippen molar-refractivity contribution in [3.05, 3.63) is 11.6 Å². The molecule has 1 rings (SSSR count). The van der Waals surface area contributed by atoms with Crippen LogP contribution in [0.4, 0.5) is 0 Å². The lowest BCUT2D eigenvalue weighted by molar-refractivity contribution is 0.436. The second-order valence-electron chi connectivity index (χ2n) is 3.80. The highest BCUT2D eigenvalue weighted by molar-refractivity contribution is 7.99. The van der Waals surface area contributed by atoms with Crippen molar-refractivity contribution in [1.82, 2.24) is 4.90 Å². The Hall–Kier alpha value is -0.390. The zero-order valence-corrected chi connectivity index (χ0v) is 10.2. The molecule has 1 unspecified atom stereocenters. The first-order valence-corrected chi connectivity index (χ1v) is 6.42. The molecule has 0 heterocycles. The summed E-state index contributed by atoms with van der Waals surface area (Å²) in [7, 11) is 4.15. The Morgan fingerprint density at radius 3 is 2.71 bits per heavy atom. The second kappa shape index (κ2) is 6.16. The summed E-state index contributed by atoms with van der Waals surface area (Å²) in [5.74, 6) is 6.61. The molecule has 0 bridgehead atoms. The molecule has 78 valence electrons. The van der Waals surface area contributed by atoms with Gasteiger partial charge in [0, 0.05) is 0 Å². The maximum Gasteiger partial charge on any atom is 0.118 e. The Balaban J connectivity index is 2.55. The van der Waals surface area contributed by atoms with Crippen LogP contribution < -0.4 is 0 Å². The SMILES string of the molecule is CSC(C#CC1=CCCCC1)N(C)C. The summed E-state index contributed by atoms with van der Waals surface area (Å²) in [4.78, 5) is 2.15. The van der Waals surface area contributed by atoms with E-state index in [-0.39, 0.29) is 0 Å². The maximum absolute atomic E-state index is 3.31. The predicted molar refractivity (Wildman–Crippen MR) is 65.3 cm³/mol. The lowest BCUT2D eigenvalue weighted by atomic mass is 10.0. The quantitative estimate of drug-likeness (QED) is 0.508. The summed E-state index contributed by atoms with van der Waals surface area (Å²) < 4.78 is 0. The summed E-state index contributed by atoms with van der Waals surface area (Å²) >= 11 is 1.79. The number of hydrogen-bond donors (Lipinski definition) is 0. The van der Waals surface area contributed by atoms with Gasteiger partial charge in [-0.15, -0.1) is 11.8 Å². The average Bonchev–Trinajstić information content (AvgIpc) is 2.20. The third-order valence-electron chi connectivity index (χ3n) is 2.34. The standard InChI is InChI=1S/C12H19NS/c1-13(2)12(14-3)10-9-11-7-5-4-6-8-11/h7,12H,4-6,8H2,1-3H3. The highest BCUT2D eigenvalue weighted by atomic mass is 32.2. The maximum atomic E-state index is 3.31. The van der Waals surface area contributed by atoms with E-state index in [1.807, 2.05) is 0 Å². The van der Waals surface area contributed by atoms with Crippen molar-refractivity contribution < 1.29 is 0 Å². The van der Waals surface area contributed by atoms with E-state index in [1.165, 1.54) is 31.3 Å². The predicted octanol–water partition coefficient (Wildman–Crippen LogP) is 2.74. The lowest BCUT2D eigenvalue weighted by Crippen LogP contribution is -2.22. The fraction of sp³-hybridized carbons (Fsp3) is 0.667. The highest BCUT2D eigenvalue weighted by Gasteiger charge is 2.05. The molecule has 1 nitrogen and oxygen atoms in total. The zero-order chi connectivity index (χ0) is 10.4. The number of rotatable bonds is 2. The molecule has 1 atom stereocenters. The van der Waals surface area contributed by atoms with Gasteiger partial charge in [0.05, 0.1) is 0 Å². The number of allylic oxidation sites excluding steroid dienone is 2. The van der Waals surface area contributed by atoms with Crippen LogP contribution >= 0.6 is 11.8 Å². The van der Waals surface area contributed by atoms with Crippen molar-refractivity contribution in [1.29, 1.82) is 0 Å². The zero-order valence-electron chi connectivity index (χ0n) is 9.34. The minimum absolute atomic E-state index is 0.331. The third kappa shape index (κ3) is 3.77. The minimum atomic E-state index is 0.331. The Kier molecular flexibility index (Phi) is 5.14. The van der Waals surface area contributed by atoms with Gasteiger partial charge in [0.15, 0.2) is 0 Å². The van der Waals surface area contributed by atoms with Crippen LogP contribution in [0.1, 0.15) is 25.7 Å². The molecule has 0 spiro atoms. The van der Waals surface area contributed by atoms with Gasteiger partial charge in [0.2, 0.25) is 0 Å². The van der Waals surface area contributed by atoms with Gasteiger partial charge in [-0.3, -0.25) is 4.90 Å². The van der Waals surface area contributed by atoms with Crippen LogP contribution in [-0.2, 0) is 0 Å². The summed E-state index contributed by atoms with van der Waals surface area (Å²) in [6.45, 7) is 0. The van der Waals surface area contributed by atoms with Crippen molar-refractivity contribution in [3.63, 3.8) is 0 Å². The van der Waals surface area contributed by atoms with Crippen molar-refractivity contribution in [3.8, 4) is 11.8 Å². The lowest BCUT2D eigenvalue weighted by Gasteiger charge is -2.16. The Labute approximate surface area is 91.9 Å². The fourth-order valence-electron chi connectivity index (χ4n) is 1.50. The van der Waals surface area contributed by atoms with E-state index in [9.17, 15) is 0 Å². The van der Waals surface area contributed by atoms with Gasteiger partial charge in [-0.1, -0.05) is 17.9 Å². The molecule has 0 saturated carbocycles. The Bertz CT molecular complexity index is 257. The molecule has 1 aliphatic carbocycles. The van der Waals surface area contributed by atoms with Crippen LogP contribution in [0.3, 0.4) is 0 Å². The number of hydrogen-bond acceptors (Lipinski definition) is 2. The van der Waals surface area contributed by atoms with Crippen LogP contribution in [0, 0.1) is 11.8 Å². The Morgan fingerprint density at radius 2 is 2.21 bits per heavy atom. The normalized spacial score (nSPS) is 18.4. The van der Waals surface area contributed by atoms with E-state index in [2.05, 4.69) is 43.2 Å². The van der Waals surface area contributed by atoms with Gasteiger partial charge < -0.3 is 0 Å². The molecule has 1 aliphatic rings. The monoisotopic (exact) mass is 209 g/mol. The van der Waals surface area contributed by atoms with E-state index in [4.69, 9.17) is 0 Å². The van der Waals surface area contributed by atoms with Crippen LogP contribution in [0.2, 0.25) is 0 Å². The second-order valence-corrected chi connectivity index (χ2v) is 4.71. The Morgan fingerprint density at radius 1 is 1.43 bits per heavy atom. The van der Waals surface area contributed by atoms with Crippen molar-refractivity contribution in [2.24, 2.45) is 0 Å². The van der Waals surface area contributed by atoms with Gasteiger partial charge in [0.1, 0.15) is 5.37 Å². The molecule has 0 N–H and O–H groups in total. The number of nitrogens with zero attached hydrogens (tertiary/aromatic N) is 1. The summed E-state index contributed by atoms with van der Waals surface area (Å²) in [6.07, 6.45) is 9.45. The van der Waals surface area contributed by atoms with E-state index < -0.39 is 0 Å². The van der Waals surface area contributed by atoms with E-state index in [0.29, 0.717) is 5.37 Å². The largest absolute Gasteiger partial charge is 0.288 e. The summed E-state index contributed by atoms with van der Waals surface area (Å²) in [5, 5.41) is 0.331. The van der Waals surface area contributed by atoms with Gasteiger partial charge in [-0.25, -0.2) is 0 Å². The topological polar surface area (TPSA) is 3.24 Å². The van der Waals surface area contributed by atoms with E-state index in [0.717, 1.165) is 0 Å². The average molecular weight is 209 g/mol. The molecule has 0 radical (unpaired) electrons. The first kappa shape index (κ1) is 11.7. The molecule has 14 heavy (non-hydrogen) atoms. The van der Waals surface area contributed by atoms with E-state index >= 15 is 0 Å². The van der Waals surface area contributed by atoms with Crippen LogP contribution in [0.15, 0.2) is 11.6 Å². The van der Waals surface area contributed by atoms with Gasteiger partial charge in [0.25, 0.3) is 0 Å². The molecular weight excluding hydrogens is 190 g/mol. The molecule has 0 aromatic heterocycles. The molecule has 0 amide bonds. The molecule has 0 aromatic carbocycles. The van der Waals surface area contributed by atoms with Crippen LogP contribution in [0.25, 0.3) is 0 Å². The molecule has 0 fully saturated rings. The van der Waals surface area contributed by atoms with Crippen LogP contribution in [0.5, 0.6) is 0 Å². The molecule has 0 aromatic rings. The van der Waals surface area contributed by atoms with Crippen molar-refractivity contribution in [2.75, 3.05) is 20.4 Å². The molecule has 0 saturated heterocycles. The van der Waals surface area contributed by atoms with Gasteiger partial charge >= 0.3 is 0 Å². The van der Waals surface area contributed by atoms with Crippen LogP contribution in [-0.4, -0.2) is 30.6 Å². The minimum Gasteiger partial charge on any atom is -0.288 e. The van der Waals surface area contributed by atoms with Gasteiger partial charge in [-0.2, -0.15) is 0 Å². The first-order chi connectivity index (χ1) is 6.74. The molecule has 0 aliphatic heterocycles. The molecular formula is C12H19NS. The molecule has 2 heteroatoms. The first-order valence-electron chi connectivity index (χ1n) is 5.14. The third-order valence-corrected chi connectivity index (χ3v) is 3.33. The smallest absolute Gasteiger partial charge is 0.118 e. The number of thioether (sulfide) groups is 1. The summed E-state index contributed by atoms with van der Waals surface area (Å²) in [5.41, 5.74) is 1.34. The van der Waals surface area contributed by atoms with Crippen molar-refractivity contribution in [2.45, 2.75) is 31.1 Å². The summed E-state index contributed by atoms with van der Waals surface area (Å²) in [6, 6.07) is 0. The van der Waals surface area contributed by atoms with E-state index in [1.54, 1.807) is 11.8 Å².